The van der Waals surface area contributed by atoms with Gasteiger partial charge in [-0.1, -0.05) is 24.3 Å². The molecule has 14 N–H and O–H groups in total. The number of phenolic OH excluding ortho intramolecular Hbond substituents is 5. The van der Waals surface area contributed by atoms with Gasteiger partial charge in [0.15, 0.2) is 41.5 Å². The maximum Gasteiger partial charge on any atom is 0.330 e. The minimum atomic E-state index is -2.13. The zero-order valence-corrected chi connectivity index (χ0v) is 40.8. The third-order valence-electron chi connectivity index (χ3n) is 12.8. The fourth-order valence-electron chi connectivity index (χ4n) is 8.53. The molecule has 0 bridgehead atoms. The maximum absolute atomic E-state index is 13.0. The summed E-state index contributed by atoms with van der Waals surface area (Å²) in [5.74, 6) is -4.19. The van der Waals surface area contributed by atoms with Crippen molar-refractivity contribution in [3.63, 3.8) is 0 Å². The van der Waals surface area contributed by atoms with Crippen LogP contribution in [0.2, 0.25) is 0 Å². The predicted octanol–water partition coefficient (Wildman–Crippen LogP) is -0.954. The fourth-order valence-corrected chi connectivity index (χ4v) is 8.53. The summed E-state index contributed by atoms with van der Waals surface area (Å²) in [6.07, 6.45) is -23.9. The number of aliphatic hydroxyl groups excluding tert-OH is 9. The molecule has 16 unspecified atom stereocenters. The van der Waals surface area contributed by atoms with Crippen LogP contribution in [0.15, 0.2) is 90.7 Å². The largest absolute Gasteiger partial charge is 0.508 e. The van der Waals surface area contributed by atoms with E-state index in [4.69, 9.17) is 47.4 Å². The third kappa shape index (κ3) is 12.8. The van der Waals surface area contributed by atoms with Crippen molar-refractivity contribution in [2.24, 2.45) is 0 Å². The molecule has 0 saturated carbocycles. The molecule has 4 aliphatic rings. The standard InChI is InChI=1S/C52H56O26/c1-69-33-15-23(3-11-29(33)57)5-13-39(60)70-20-36-41(62)44(65)47(68)51(76-36)78-49-45(66)42(63)37(21-71-38(59)12-4-22-2-10-28(56)30(58)14-22)77-52(49)74-34-18-27-31(72-48(34)24-6-8-25(54)9-7-24)16-26(55)17-32(27)73-50-46(67)43(64)40(61)35(19-53)75-50/h2-18,35-37,40-58,61-68H,19-21H2,1H3. The highest BCUT2D eigenvalue weighted by Gasteiger charge is 2.53. The maximum atomic E-state index is 13.0. The summed E-state index contributed by atoms with van der Waals surface area (Å²) in [5.41, 5.74) is 0.908. The van der Waals surface area contributed by atoms with Gasteiger partial charge in [-0.2, -0.15) is 0 Å². The number of aromatic hydroxyl groups is 5. The molecule has 3 fully saturated rings. The van der Waals surface area contributed by atoms with Crippen LogP contribution >= 0.6 is 0 Å². The first-order chi connectivity index (χ1) is 37.2. The lowest BCUT2D eigenvalue weighted by molar-refractivity contribution is -0.364. The quantitative estimate of drug-likeness (QED) is 0.0344. The second kappa shape index (κ2) is 24.6. The van der Waals surface area contributed by atoms with E-state index in [-0.39, 0.29) is 51.2 Å². The number of benzene rings is 4. The number of methoxy groups -OCH3 is 1. The number of rotatable bonds is 17. The van der Waals surface area contributed by atoms with Crippen LogP contribution in [0.3, 0.4) is 0 Å². The SMILES string of the molecule is COc1cc(C=CC(=O)OCC2OC(OC3C(OC4=Cc5c(cc(O)cc5OC5OC(CO)C(O)C(O)C5O)OC4c4ccc(O)cc4)OC(COC(=O)C=Cc4ccc(O)c(O)c4)C(O)C3O)C(O)C(O)C2O)ccc1O. The zero-order valence-electron chi connectivity index (χ0n) is 40.8. The van der Waals surface area contributed by atoms with Crippen molar-refractivity contribution in [2.45, 2.75) is 98.2 Å². The zero-order chi connectivity index (χ0) is 56.1. The third-order valence-corrected chi connectivity index (χ3v) is 12.8. The molecule has 0 aromatic heterocycles. The molecule has 4 aromatic rings. The Morgan fingerprint density at radius 3 is 1.73 bits per heavy atom. The number of hydrogen-bond donors (Lipinski definition) is 14. The fraction of sp³-hybridized carbons (Fsp3) is 0.385. The second-order valence-corrected chi connectivity index (χ2v) is 18.2. The first-order valence-corrected chi connectivity index (χ1v) is 23.9. The molecule has 0 spiro atoms. The van der Waals surface area contributed by atoms with Crippen LogP contribution in [0.25, 0.3) is 18.2 Å². The van der Waals surface area contributed by atoms with E-state index in [1.54, 1.807) is 0 Å². The van der Waals surface area contributed by atoms with Gasteiger partial charge in [0.05, 0.1) is 19.3 Å². The lowest BCUT2D eigenvalue weighted by Crippen LogP contribution is -2.64. The lowest BCUT2D eigenvalue weighted by Gasteiger charge is -2.46. The van der Waals surface area contributed by atoms with Crippen molar-refractivity contribution in [2.75, 3.05) is 26.9 Å². The van der Waals surface area contributed by atoms with Crippen LogP contribution in [0.1, 0.15) is 28.4 Å². The van der Waals surface area contributed by atoms with E-state index < -0.39 is 147 Å². The van der Waals surface area contributed by atoms with E-state index in [0.717, 1.165) is 24.3 Å². The van der Waals surface area contributed by atoms with Gasteiger partial charge in [-0.3, -0.25) is 0 Å². The highest BCUT2D eigenvalue weighted by molar-refractivity contribution is 5.87. The highest BCUT2D eigenvalue weighted by Crippen LogP contribution is 2.46. The van der Waals surface area contributed by atoms with Crippen LogP contribution in [0.4, 0.5) is 0 Å². The molecule has 0 amide bonds. The number of ether oxygens (including phenoxy) is 10. The topological polar surface area (TPSA) is 410 Å². The number of aliphatic hydroxyl groups is 9. The lowest BCUT2D eigenvalue weighted by atomic mass is 9.97. The van der Waals surface area contributed by atoms with Gasteiger partial charge in [-0.15, -0.1) is 0 Å². The molecule has 78 heavy (non-hydrogen) atoms. The highest BCUT2D eigenvalue weighted by atomic mass is 16.8. The van der Waals surface area contributed by atoms with Gasteiger partial charge in [-0.25, -0.2) is 9.59 Å². The Bertz CT molecular complexity index is 2840. The summed E-state index contributed by atoms with van der Waals surface area (Å²) >= 11 is 0. The summed E-state index contributed by atoms with van der Waals surface area (Å²) in [6.45, 7) is -2.35. The molecule has 16 atom stereocenters. The summed E-state index contributed by atoms with van der Waals surface area (Å²) in [7, 11) is 1.33. The number of fused-ring (bicyclic) bond motifs is 1. The van der Waals surface area contributed by atoms with Gasteiger partial charge in [0.25, 0.3) is 0 Å². The molecule has 8 rings (SSSR count). The molecule has 3 saturated heterocycles. The normalized spacial score (nSPS) is 30.9. The summed E-state index contributed by atoms with van der Waals surface area (Å²) in [5, 5.41) is 149. The Hall–Kier alpha value is -7.28. The van der Waals surface area contributed by atoms with E-state index in [1.165, 1.54) is 86.0 Å². The summed E-state index contributed by atoms with van der Waals surface area (Å²) in [6, 6.07) is 15.6. The van der Waals surface area contributed by atoms with Crippen molar-refractivity contribution in [3.05, 3.63) is 113 Å². The molecular weight excluding hydrogens is 1040 g/mol. The summed E-state index contributed by atoms with van der Waals surface area (Å²) < 4.78 is 58.0. The van der Waals surface area contributed by atoms with E-state index in [9.17, 15) is 81.1 Å². The van der Waals surface area contributed by atoms with Crippen molar-refractivity contribution >= 4 is 30.2 Å². The van der Waals surface area contributed by atoms with E-state index in [0.29, 0.717) is 5.56 Å². The average molecular weight is 1100 g/mol. The minimum Gasteiger partial charge on any atom is -0.508 e. The first-order valence-electron chi connectivity index (χ1n) is 23.9. The summed E-state index contributed by atoms with van der Waals surface area (Å²) in [4.78, 5) is 25.8. The smallest absolute Gasteiger partial charge is 0.330 e. The molecule has 26 nitrogen and oxygen atoms in total. The minimum absolute atomic E-state index is 0.0546. The van der Waals surface area contributed by atoms with E-state index >= 15 is 0 Å². The Kier molecular flexibility index (Phi) is 17.9. The number of hydrogen-bond acceptors (Lipinski definition) is 26. The molecule has 26 heteroatoms. The van der Waals surface area contributed by atoms with Crippen molar-refractivity contribution in [3.8, 4) is 46.0 Å². The molecule has 0 aliphatic carbocycles. The number of carbonyl (C=O) groups excluding carboxylic acids is 2. The number of phenols is 5. The van der Waals surface area contributed by atoms with Crippen LogP contribution in [0.5, 0.6) is 46.0 Å². The first kappa shape index (κ1) is 56.9. The van der Waals surface area contributed by atoms with Crippen LogP contribution in [-0.2, 0) is 42.7 Å². The molecule has 4 heterocycles. The number of carbonyl (C=O) groups is 2. The molecule has 0 radical (unpaired) electrons. The van der Waals surface area contributed by atoms with Gasteiger partial charge < -0.3 is 119 Å². The monoisotopic (exact) mass is 1100 g/mol. The van der Waals surface area contributed by atoms with Crippen molar-refractivity contribution in [1.29, 1.82) is 0 Å². The molecule has 420 valence electrons. The van der Waals surface area contributed by atoms with Crippen LogP contribution in [-0.4, -0.2) is 202 Å². The van der Waals surface area contributed by atoms with Gasteiger partial charge in [0.1, 0.15) is 109 Å². The van der Waals surface area contributed by atoms with Gasteiger partial charge in [-0.05, 0) is 65.8 Å². The Balaban J connectivity index is 1.10. The van der Waals surface area contributed by atoms with Crippen molar-refractivity contribution in [1.82, 2.24) is 0 Å². The Morgan fingerprint density at radius 2 is 1.12 bits per heavy atom. The van der Waals surface area contributed by atoms with Crippen LogP contribution in [0, 0.1) is 0 Å². The van der Waals surface area contributed by atoms with Gasteiger partial charge in [0, 0.05) is 29.8 Å². The second-order valence-electron chi connectivity index (χ2n) is 18.2. The van der Waals surface area contributed by atoms with E-state index in [1.807, 2.05) is 0 Å². The van der Waals surface area contributed by atoms with E-state index in [2.05, 4.69) is 0 Å². The van der Waals surface area contributed by atoms with Crippen LogP contribution < -0.4 is 14.2 Å². The Labute approximate surface area is 441 Å². The average Bonchev–Trinajstić information content (AvgIpc) is 3.52. The molecular formula is C52H56O26. The Morgan fingerprint density at radius 1 is 0.551 bits per heavy atom. The molecule has 4 aliphatic heterocycles. The van der Waals surface area contributed by atoms with Gasteiger partial charge >= 0.3 is 11.9 Å². The number of esters is 2. The van der Waals surface area contributed by atoms with Crippen molar-refractivity contribution < 1.29 is 128 Å². The van der Waals surface area contributed by atoms with Gasteiger partial charge in [0.2, 0.25) is 12.6 Å². The molecule has 4 aromatic carbocycles. The predicted molar refractivity (Wildman–Crippen MR) is 260 cm³/mol.